The van der Waals surface area contributed by atoms with E-state index in [1.807, 2.05) is 19.2 Å². The van der Waals surface area contributed by atoms with Gasteiger partial charge in [0.1, 0.15) is 11.7 Å². The maximum absolute atomic E-state index is 7.80. The van der Waals surface area contributed by atoms with E-state index < -0.39 is 0 Å². The zero-order chi connectivity index (χ0) is 14.0. The summed E-state index contributed by atoms with van der Waals surface area (Å²) in [6.07, 6.45) is 5.42. The van der Waals surface area contributed by atoms with Gasteiger partial charge in [0.25, 0.3) is 0 Å². The second kappa shape index (κ2) is 5.59. The van der Waals surface area contributed by atoms with E-state index in [1.165, 1.54) is 12.8 Å². The van der Waals surface area contributed by atoms with Crippen LogP contribution in [0.5, 0.6) is 0 Å². The van der Waals surface area contributed by atoms with E-state index in [2.05, 4.69) is 23.7 Å². The topological polar surface area (TPSA) is 66.0 Å². The molecular formula is C15H24N4. The zero-order valence-electron chi connectivity index (χ0n) is 12.1. The zero-order valence-corrected chi connectivity index (χ0v) is 12.1. The molecule has 0 bridgehead atoms. The SMILES string of the molecule is Cc1ccnc(N(CCC(C)C)C2CC2)c1C(=N)N. The van der Waals surface area contributed by atoms with Gasteiger partial charge >= 0.3 is 0 Å². The second-order valence-corrected chi connectivity index (χ2v) is 5.85. The highest BCUT2D eigenvalue weighted by atomic mass is 15.2. The number of hydrogen-bond donors (Lipinski definition) is 2. The van der Waals surface area contributed by atoms with Gasteiger partial charge in [-0.05, 0) is 43.7 Å². The molecule has 0 spiro atoms. The summed E-state index contributed by atoms with van der Waals surface area (Å²) in [6, 6.07) is 2.51. The lowest BCUT2D eigenvalue weighted by molar-refractivity contribution is 0.568. The first-order valence-corrected chi connectivity index (χ1v) is 7.07. The number of aromatic nitrogens is 1. The van der Waals surface area contributed by atoms with E-state index in [9.17, 15) is 0 Å². The number of rotatable bonds is 6. The number of nitrogens with one attached hydrogen (secondary N) is 1. The van der Waals surface area contributed by atoms with Gasteiger partial charge in [0.2, 0.25) is 0 Å². The van der Waals surface area contributed by atoms with Crippen LogP contribution in [0.2, 0.25) is 0 Å². The molecule has 1 saturated carbocycles. The summed E-state index contributed by atoms with van der Waals surface area (Å²) in [5, 5.41) is 7.80. The Hall–Kier alpha value is -1.58. The van der Waals surface area contributed by atoms with Crippen molar-refractivity contribution in [3.63, 3.8) is 0 Å². The largest absolute Gasteiger partial charge is 0.384 e. The van der Waals surface area contributed by atoms with Crippen LogP contribution in [-0.2, 0) is 0 Å². The quantitative estimate of drug-likeness (QED) is 0.610. The van der Waals surface area contributed by atoms with E-state index >= 15 is 0 Å². The molecule has 1 aromatic heterocycles. The molecule has 1 aliphatic carbocycles. The fourth-order valence-corrected chi connectivity index (χ4v) is 2.34. The molecule has 1 aliphatic rings. The lowest BCUT2D eigenvalue weighted by Crippen LogP contribution is -2.31. The minimum atomic E-state index is 0.121. The Labute approximate surface area is 115 Å². The summed E-state index contributed by atoms with van der Waals surface area (Å²) in [7, 11) is 0. The number of anilines is 1. The Morgan fingerprint density at radius 2 is 2.21 bits per heavy atom. The predicted octanol–water partition coefficient (Wildman–Crippen LogP) is 2.69. The van der Waals surface area contributed by atoms with Gasteiger partial charge in [0.15, 0.2) is 0 Å². The van der Waals surface area contributed by atoms with Gasteiger partial charge in [-0.2, -0.15) is 0 Å². The average molecular weight is 260 g/mol. The molecule has 0 aliphatic heterocycles. The van der Waals surface area contributed by atoms with Crippen molar-refractivity contribution in [3.05, 3.63) is 23.4 Å². The number of amidine groups is 1. The number of nitrogens with zero attached hydrogens (tertiary/aromatic N) is 2. The van der Waals surface area contributed by atoms with E-state index in [1.54, 1.807) is 0 Å². The summed E-state index contributed by atoms with van der Waals surface area (Å²) in [6.45, 7) is 7.47. The van der Waals surface area contributed by atoms with Crippen LogP contribution in [0.4, 0.5) is 5.82 Å². The van der Waals surface area contributed by atoms with E-state index in [0.717, 1.165) is 29.9 Å². The Balaban J connectivity index is 2.31. The van der Waals surface area contributed by atoms with Crippen LogP contribution >= 0.6 is 0 Å². The molecule has 104 valence electrons. The van der Waals surface area contributed by atoms with E-state index in [-0.39, 0.29) is 5.84 Å². The summed E-state index contributed by atoms with van der Waals surface area (Å²) in [4.78, 5) is 6.86. The third-order valence-electron chi connectivity index (χ3n) is 3.62. The first-order chi connectivity index (χ1) is 9.00. The maximum Gasteiger partial charge on any atom is 0.140 e. The maximum atomic E-state index is 7.80. The van der Waals surface area contributed by atoms with Crippen molar-refractivity contribution >= 4 is 11.7 Å². The molecule has 0 unspecified atom stereocenters. The van der Waals surface area contributed by atoms with Gasteiger partial charge in [-0.1, -0.05) is 13.8 Å². The fraction of sp³-hybridized carbons (Fsp3) is 0.600. The molecule has 1 aromatic rings. The molecule has 0 atom stereocenters. The first-order valence-electron chi connectivity index (χ1n) is 7.07. The fourth-order valence-electron chi connectivity index (χ4n) is 2.34. The molecule has 4 heteroatoms. The van der Waals surface area contributed by atoms with Crippen LogP contribution in [0.15, 0.2) is 12.3 Å². The van der Waals surface area contributed by atoms with Crippen LogP contribution in [0, 0.1) is 18.3 Å². The normalized spacial score (nSPS) is 14.7. The van der Waals surface area contributed by atoms with Gasteiger partial charge in [-0.15, -0.1) is 0 Å². The molecule has 3 N–H and O–H groups in total. The summed E-state index contributed by atoms with van der Waals surface area (Å²) < 4.78 is 0. The number of hydrogen-bond acceptors (Lipinski definition) is 3. The number of pyridine rings is 1. The number of aryl methyl sites for hydroxylation is 1. The van der Waals surface area contributed by atoms with Crippen LogP contribution in [0.25, 0.3) is 0 Å². The molecule has 0 aromatic carbocycles. The van der Waals surface area contributed by atoms with Crippen molar-refractivity contribution < 1.29 is 0 Å². The second-order valence-electron chi connectivity index (χ2n) is 5.85. The molecule has 0 saturated heterocycles. The minimum Gasteiger partial charge on any atom is -0.384 e. The van der Waals surface area contributed by atoms with Gasteiger partial charge in [-0.25, -0.2) is 4.98 Å². The Kier molecular flexibility index (Phi) is 4.08. The van der Waals surface area contributed by atoms with Gasteiger partial charge in [0, 0.05) is 18.8 Å². The van der Waals surface area contributed by atoms with Crippen molar-refractivity contribution in [1.29, 1.82) is 5.41 Å². The summed E-state index contributed by atoms with van der Waals surface area (Å²) >= 11 is 0. The van der Waals surface area contributed by atoms with Gasteiger partial charge < -0.3 is 10.6 Å². The lowest BCUT2D eigenvalue weighted by atomic mass is 10.1. The van der Waals surface area contributed by atoms with Crippen LogP contribution < -0.4 is 10.6 Å². The monoisotopic (exact) mass is 260 g/mol. The molecule has 0 amide bonds. The van der Waals surface area contributed by atoms with Crippen LogP contribution in [0.3, 0.4) is 0 Å². The van der Waals surface area contributed by atoms with Crippen molar-refractivity contribution in [2.75, 3.05) is 11.4 Å². The van der Waals surface area contributed by atoms with Crippen molar-refractivity contribution in [2.24, 2.45) is 11.7 Å². The molecular weight excluding hydrogens is 236 g/mol. The first kappa shape index (κ1) is 13.8. The highest BCUT2D eigenvalue weighted by Gasteiger charge is 2.31. The molecule has 4 nitrogen and oxygen atoms in total. The molecule has 1 heterocycles. The van der Waals surface area contributed by atoms with Crippen LogP contribution in [-0.4, -0.2) is 23.4 Å². The van der Waals surface area contributed by atoms with Crippen molar-refractivity contribution in [1.82, 2.24) is 4.98 Å². The molecule has 19 heavy (non-hydrogen) atoms. The van der Waals surface area contributed by atoms with Crippen molar-refractivity contribution in [3.8, 4) is 0 Å². The third kappa shape index (κ3) is 3.25. The smallest absolute Gasteiger partial charge is 0.140 e. The predicted molar refractivity (Wildman–Crippen MR) is 79.8 cm³/mol. The molecule has 2 rings (SSSR count). The summed E-state index contributed by atoms with van der Waals surface area (Å²) in [5.74, 6) is 1.69. The Morgan fingerprint density at radius 3 is 2.74 bits per heavy atom. The van der Waals surface area contributed by atoms with E-state index in [4.69, 9.17) is 11.1 Å². The van der Waals surface area contributed by atoms with E-state index in [0.29, 0.717) is 12.0 Å². The van der Waals surface area contributed by atoms with Gasteiger partial charge in [-0.3, -0.25) is 5.41 Å². The number of nitrogen functional groups attached to an aromatic ring is 1. The Morgan fingerprint density at radius 1 is 1.53 bits per heavy atom. The minimum absolute atomic E-state index is 0.121. The average Bonchev–Trinajstić information content (AvgIpc) is 3.12. The standard InChI is InChI=1S/C15H24N4/c1-10(2)7-9-19(12-4-5-12)15-13(14(16)17)11(3)6-8-18-15/h6,8,10,12H,4-5,7,9H2,1-3H3,(H3,16,17). The molecule has 0 radical (unpaired) electrons. The van der Waals surface area contributed by atoms with Crippen LogP contribution in [0.1, 0.15) is 44.2 Å². The summed E-state index contributed by atoms with van der Waals surface area (Å²) in [5.41, 5.74) is 7.59. The third-order valence-corrected chi connectivity index (χ3v) is 3.62. The lowest BCUT2D eigenvalue weighted by Gasteiger charge is -2.27. The Bertz CT molecular complexity index is 463. The number of nitrogens with two attached hydrogens (primary N) is 1. The highest BCUT2D eigenvalue weighted by molar-refractivity contribution is 6.01. The molecule has 1 fully saturated rings. The highest BCUT2D eigenvalue weighted by Crippen LogP contribution is 2.33. The van der Waals surface area contributed by atoms with Crippen molar-refractivity contribution in [2.45, 2.75) is 46.1 Å². The van der Waals surface area contributed by atoms with Gasteiger partial charge in [0.05, 0.1) is 5.56 Å².